The van der Waals surface area contributed by atoms with Crippen LogP contribution in [-0.2, 0) is 0 Å². The number of carbonyl (C=O) groups excluding carboxylic acids is 1. The molecule has 1 aromatic rings. The molecule has 0 aliphatic carbocycles. The fourth-order valence-electron chi connectivity index (χ4n) is 1.36. The average Bonchev–Trinajstić information content (AvgIpc) is 2.28. The van der Waals surface area contributed by atoms with Gasteiger partial charge in [-0.25, -0.2) is 4.98 Å². The van der Waals surface area contributed by atoms with E-state index in [1.165, 1.54) is 12.3 Å². The van der Waals surface area contributed by atoms with Gasteiger partial charge in [-0.2, -0.15) is 0 Å². The van der Waals surface area contributed by atoms with E-state index in [0.717, 1.165) is 6.42 Å². The van der Waals surface area contributed by atoms with Gasteiger partial charge in [0.1, 0.15) is 5.75 Å². The highest BCUT2D eigenvalue weighted by Crippen LogP contribution is 2.12. The minimum absolute atomic E-state index is 0.0129. The molecule has 1 aromatic heterocycles. The zero-order valence-corrected chi connectivity index (χ0v) is 9.18. The molecule has 16 heavy (non-hydrogen) atoms. The zero-order valence-electron chi connectivity index (χ0n) is 9.18. The van der Waals surface area contributed by atoms with Crippen LogP contribution in [0.15, 0.2) is 18.3 Å². The van der Waals surface area contributed by atoms with Crippen LogP contribution < -0.4 is 5.32 Å². The van der Waals surface area contributed by atoms with Crippen molar-refractivity contribution in [2.75, 3.05) is 6.61 Å². The molecule has 0 fully saturated rings. The van der Waals surface area contributed by atoms with Crippen molar-refractivity contribution < 1.29 is 15.0 Å². The van der Waals surface area contributed by atoms with E-state index in [1.807, 2.05) is 6.92 Å². The number of pyridine rings is 1. The summed E-state index contributed by atoms with van der Waals surface area (Å²) in [5, 5.41) is 20.9. The number of aliphatic hydroxyl groups is 1. The van der Waals surface area contributed by atoms with E-state index in [1.54, 1.807) is 6.07 Å². The van der Waals surface area contributed by atoms with Crippen LogP contribution in [0.3, 0.4) is 0 Å². The molecule has 0 saturated heterocycles. The van der Waals surface area contributed by atoms with Crippen LogP contribution in [0.25, 0.3) is 0 Å². The van der Waals surface area contributed by atoms with Crippen molar-refractivity contribution in [3.8, 4) is 5.75 Å². The molecule has 88 valence electrons. The predicted octanol–water partition coefficient (Wildman–Crippen LogP) is 0.678. The van der Waals surface area contributed by atoms with Gasteiger partial charge in [0.15, 0.2) is 5.69 Å². The fourth-order valence-corrected chi connectivity index (χ4v) is 1.36. The molecule has 0 saturated carbocycles. The standard InChI is InChI=1S/C11H16N2O3/c1-2-8(5-7-14)13-11(16)10-9(15)4-3-6-12-10/h3-4,6,8,14-15H,2,5,7H2,1H3,(H,13,16). The van der Waals surface area contributed by atoms with E-state index in [0.29, 0.717) is 6.42 Å². The predicted molar refractivity (Wildman–Crippen MR) is 59.1 cm³/mol. The molecule has 3 N–H and O–H groups in total. The van der Waals surface area contributed by atoms with Crippen molar-refractivity contribution in [1.29, 1.82) is 0 Å². The molecule has 1 amide bonds. The maximum atomic E-state index is 11.7. The van der Waals surface area contributed by atoms with Crippen molar-refractivity contribution in [3.05, 3.63) is 24.0 Å². The molecule has 5 nitrogen and oxygen atoms in total. The molecule has 0 spiro atoms. The van der Waals surface area contributed by atoms with Crippen LogP contribution in [0.5, 0.6) is 5.75 Å². The van der Waals surface area contributed by atoms with E-state index in [-0.39, 0.29) is 24.1 Å². The molecular weight excluding hydrogens is 208 g/mol. The van der Waals surface area contributed by atoms with Crippen LogP contribution in [0, 0.1) is 0 Å². The lowest BCUT2D eigenvalue weighted by atomic mass is 10.1. The number of hydrogen-bond donors (Lipinski definition) is 3. The third kappa shape index (κ3) is 3.20. The van der Waals surface area contributed by atoms with Gasteiger partial charge in [-0.1, -0.05) is 6.92 Å². The summed E-state index contributed by atoms with van der Waals surface area (Å²) < 4.78 is 0. The van der Waals surface area contributed by atoms with Gasteiger partial charge in [0, 0.05) is 18.8 Å². The SMILES string of the molecule is CCC(CCO)NC(=O)c1ncccc1O. The molecule has 1 rings (SSSR count). The molecule has 0 radical (unpaired) electrons. The fraction of sp³-hybridized carbons (Fsp3) is 0.455. The topological polar surface area (TPSA) is 82.5 Å². The molecule has 1 heterocycles. The summed E-state index contributed by atoms with van der Waals surface area (Å²) in [6.45, 7) is 1.94. The van der Waals surface area contributed by atoms with Crippen LogP contribution in [0.2, 0.25) is 0 Å². The quantitative estimate of drug-likeness (QED) is 0.686. The highest BCUT2D eigenvalue weighted by molar-refractivity contribution is 5.94. The Balaban J connectivity index is 2.68. The Morgan fingerprint density at radius 1 is 1.62 bits per heavy atom. The van der Waals surface area contributed by atoms with Gasteiger partial charge in [-0.3, -0.25) is 4.79 Å². The van der Waals surface area contributed by atoms with Crippen LogP contribution in [0.1, 0.15) is 30.3 Å². The number of amides is 1. The average molecular weight is 224 g/mol. The molecule has 0 aliphatic heterocycles. The Morgan fingerprint density at radius 3 is 2.94 bits per heavy atom. The summed E-state index contributed by atoms with van der Waals surface area (Å²) in [5.74, 6) is -0.558. The van der Waals surface area contributed by atoms with Crippen LogP contribution >= 0.6 is 0 Å². The van der Waals surface area contributed by atoms with Crippen molar-refractivity contribution >= 4 is 5.91 Å². The van der Waals surface area contributed by atoms with Gasteiger partial charge < -0.3 is 15.5 Å². The molecule has 1 atom stereocenters. The van der Waals surface area contributed by atoms with Gasteiger partial charge in [0.25, 0.3) is 5.91 Å². The van der Waals surface area contributed by atoms with Gasteiger partial charge in [0.05, 0.1) is 0 Å². The summed E-state index contributed by atoms with van der Waals surface area (Å²) in [7, 11) is 0. The molecule has 0 aliphatic rings. The first-order valence-electron chi connectivity index (χ1n) is 5.24. The largest absolute Gasteiger partial charge is 0.505 e. The third-order valence-corrected chi connectivity index (χ3v) is 2.31. The summed E-state index contributed by atoms with van der Waals surface area (Å²) >= 11 is 0. The zero-order chi connectivity index (χ0) is 12.0. The van der Waals surface area contributed by atoms with Gasteiger partial charge in [-0.15, -0.1) is 0 Å². The lowest BCUT2D eigenvalue weighted by Gasteiger charge is -2.15. The van der Waals surface area contributed by atoms with Gasteiger partial charge in [0.2, 0.25) is 0 Å². The number of aliphatic hydroxyl groups excluding tert-OH is 1. The minimum Gasteiger partial charge on any atom is -0.505 e. The monoisotopic (exact) mass is 224 g/mol. The second-order valence-corrected chi connectivity index (χ2v) is 3.46. The lowest BCUT2D eigenvalue weighted by molar-refractivity contribution is 0.0921. The highest BCUT2D eigenvalue weighted by Gasteiger charge is 2.15. The number of nitrogens with one attached hydrogen (secondary N) is 1. The van der Waals surface area contributed by atoms with Crippen molar-refractivity contribution in [2.24, 2.45) is 0 Å². The Morgan fingerprint density at radius 2 is 2.38 bits per heavy atom. The number of aromatic hydroxyl groups is 1. The molecular formula is C11H16N2O3. The first-order chi connectivity index (χ1) is 7.69. The Bertz CT molecular complexity index is 355. The Hall–Kier alpha value is -1.62. The number of aromatic nitrogens is 1. The van der Waals surface area contributed by atoms with Gasteiger partial charge in [-0.05, 0) is 25.0 Å². The van der Waals surface area contributed by atoms with Crippen LogP contribution in [0.4, 0.5) is 0 Å². The summed E-state index contributed by atoms with van der Waals surface area (Å²) in [6.07, 6.45) is 2.66. The van der Waals surface area contributed by atoms with E-state index < -0.39 is 5.91 Å². The van der Waals surface area contributed by atoms with Crippen molar-refractivity contribution in [3.63, 3.8) is 0 Å². The number of nitrogens with zero attached hydrogens (tertiary/aromatic N) is 1. The van der Waals surface area contributed by atoms with E-state index >= 15 is 0 Å². The van der Waals surface area contributed by atoms with Crippen molar-refractivity contribution in [2.45, 2.75) is 25.8 Å². The molecule has 0 bridgehead atoms. The maximum Gasteiger partial charge on any atom is 0.273 e. The smallest absolute Gasteiger partial charge is 0.273 e. The van der Waals surface area contributed by atoms with Crippen molar-refractivity contribution in [1.82, 2.24) is 10.3 Å². The second-order valence-electron chi connectivity index (χ2n) is 3.46. The highest BCUT2D eigenvalue weighted by atomic mass is 16.3. The molecule has 0 aromatic carbocycles. The summed E-state index contributed by atoms with van der Waals surface area (Å²) in [5.41, 5.74) is 0.0129. The first kappa shape index (κ1) is 12.4. The number of hydrogen-bond acceptors (Lipinski definition) is 4. The normalized spacial score (nSPS) is 12.1. The minimum atomic E-state index is -0.418. The van der Waals surface area contributed by atoms with E-state index in [4.69, 9.17) is 5.11 Å². The summed E-state index contributed by atoms with van der Waals surface area (Å²) in [4.78, 5) is 15.5. The van der Waals surface area contributed by atoms with Gasteiger partial charge >= 0.3 is 0 Å². The molecule has 1 unspecified atom stereocenters. The second kappa shape index (κ2) is 6.07. The number of carbonyl (C=O) groups is 1. The maximum absolute atomic E-state index is 11.7. The number of rotatable bonds is 5. The van der Waals surface area contributed by atoms with Crippen LogP contribution in [-0.4, -0.2) is 33.8 Å². The summed E-state index contributed by atoms with van der Waals surface area (Å²) in [6, 6.07) is 2.87. The molecule has 5 heteroatoms. The third-order valence-electron chi connectivity index (χ3n) is 2.31. The van der Waals surface area contributed by atoms with E-state index in [2.05, 4.69) is 10.3 Å². The Kier molecular flexibility index (Phi) is 4.72. The Labute approximate surface area is 94.1 Å². The van der Waals surface area contributed by atoms with E-state index in [9.17, 15) is 9.90 Å². The first-order valence-corrected chi connectivity index (χ1v) is 5.24. The lowest BCUT2D eigenvalue weighted by Crippen LogP contribution is -2.35.